The van der Waals surface area contributed by atoms with Crippen molar-refractivity contribution in [1.82, 2.24) is 0 Å². The molecule has 7 aromatic carbocycles. The van der Waals surface area contributed by atoms with Crippen LogP contribution < -0.4 is 4.90 Å². The maximum absolute atomic E-state index is 12.8. The van der Waals surface area contributed by atoms with E-state index < -0.39 is 0 Å². The van der Waals surface area contributed by atoms with Crippen molar-refractivity contribution < 1.29 is 4.79 Å². The molecule has 0 atom stereocenters. The van der Waals surface area contributed by atoms with Gasteiger partial charge >= 0.3 is 0 Å². The van der Waals surface area contributed by atoms with Crippen LogP contribution in [0.25, 0.3) is 65.0 Å². The van der Waals surface area contributed by atoms with Gasteiger partial charge in [0.15, 0.2) is 0 Å². The van der Waals surface area contributed by atoms with Crippen LogP contribution in [0.3, 0.4) is 0 Å². The minimum absolute atomic E-state index is 0.0688. The van der Waals surface area contributed by atoms with E-state index >= 15 is 0 Å². The molecule has 0 bridgehead atoms. The van der Waals surface area contributed by atoms with Gasteiger partial charge in [0.25, 0.3) is 5.91 Å². The van der Waals surface area contributed by atoms with E-state index in [2.05, 4.69) is 84.9 Å². The monoisotopic (exact) mass is 433 g/mol. The smallest absolute Gasteiger partial charge is 0.258 e. The average Bonchev–Trinajstić information content (AvgIpc) is 3.13. The van der Waals surface area contributed by atoms with E-state index in [0.717, 1.165) is 22.0 Å². The number of rotatable bonds is 1. The SMILES string of the molecule is CN1C(=O)c2cccc3c(-c4ccc5c6cccc7cccc(c8cccc4c85)c76)ccc1c23. The van der Waals surface area contributed by atoms with Gasteiger partial charge in [-0.25, -0.2) is 0 Å². The first kappa shape index (κ1) is 18.0. The molecule has 0 N–H and O–H groups in total. The second-order valence-electron chi connectivity index (χ2n) is 9.32. The lowest BCUT2D eigenvalue weighted by Gasteiger charge is -2.17. The predicted octanol–water partition coefficient (Wildman–Crippen LogP) is 8.15. The van der Waals surface area contributed by atoms with Gasteiger partial charge in [-0.15, -0.1) is 0 Å². The van der Waals surface area contributed by atoms with Gasteiger partial charge in [0.05, 0.1) is 5.69 Å². The van der Waals surface area contributed by atoms with Gasteiger partial charge in [-0.05, 0) is 71.7 Å². The van der Waals surface area contributed by atoms with Crippen LogP contribution in [-0.2, 0) is 0 Å². The van der Waals surface area contributed by atoms with E-state index in [9.17, 15) is 4.79 Å². The van der Waals surface area contributed by atoms with Crippen LogP contribution in [0.1, 0.15) is 10.4 Å². The highest BCUT2D eigenvalue weighted by Gasteiger charge is 2.28. The standard InChI is InChI=1S/C32H19NO/c1-33-28-17-16-20(22-11-5-13-27(31(22)28)32(33)34)19-14-15-26-24-9-3-7-18-6-2-8-23(29(18)24)25-12-4-10-21(19)30(25)26/h2-17H,1H3. The summed E-state index contributed by atoms with van der Waals surface area (Å²) < 4.78 is 0. The first-order valence-electron chi connectivity index (χ1n) is 11.6. The lowest BCUT2D eigenvalue weighted by Crippen LogP contribution is -2.20. The van der Waals surface area contributed by atoms with Gasteiger partial charge in [-0.1, -0.05) is 84.9 Å². The fourth-order valence-electron chi connectivity index (χ4n) is 6.25. The summed E-state index contributed by atoms with van der Waals surface area (Å²) in [5.74, 6) is 0.0688. The Morgan fingerprint density at radius 3 is 1.74 bits per heavy atom. The molecule has 1 aliphatic rings. The summed E-state index contributed by atoms with van der Waals surface area (Å²) in [6, 6.07) is 34.8. The maximum Gasteiger partial charge on any atom is 0.258 e. The molecule has 1 heterocycles. The zero-order chi connectivity index (χ0) is 22.6. The molecule has 7 aromatic rings. The number of carbonyl (C=O) groups excluding carboxylic acids is 1. The number of hydrogen-bond donors (Lipinski definition) is 0. The summed E-state index contributed by atoms with van der Waals surface area (Å²) in [4.78, 5) is 14.6. The van der Waals surface area contributed by atoms with Crippen LogP contribution in [0.4, 0.5) is 5.69 Å². The molecule has 2 heteroatoms. The fraction of sp³-hybridized carbons (Fsp3) is 0.0312. The summed E-state index contributed by atoms with van der Waals surface area (Å²) >= 11 is 0. The maximum atomic E-state index is 12.8. The molecule has 158 valence electrons. The third-order valence-electron chi connectivity index (χ3n) is 7.73. The molecule has 0 radical (unpaired) electrons. The molecule has 1 aliphatic heterocycles. The van der Waals surface area contributed by atoms with E-state index in [1.165, 1.54) is 54.2 Å². The molecule has 0 saturated carbocycles. The van der Waals surface area contributed by atoms with Crippen molar-refractivity contribution in [2.24, 2.45) is 0 Å². The topological polar surface area (TPSA) is 20.3 Å². The molecule has 0 unspecified atom stereocenters. The van der Waals surface area contributed by atoms with Crippen molar-refractivity contribution >= 4 is 65.5 Å². The minimum atomic E-state index is 0.0688. The molecular weight excluding hydrogens is 414 g/mol. The number of hydrogen-bond acceptors (Lipinski definition) is 1. The number of benzene rings is 7. The Morgan fingerprint density at radius 2 is 1.00 bits per heavy atom. The Labute approximate surface area is 196 Å². The first-order chi connectivity index (χ1) is 16.7. The normalized spacial score (nSPS) is 13.4. The molecule has 1 amide bonds. The Bertz CT molecular complexity index is 1950. The number of carbonyl (C=O) groups is 1. The fourth-order valence-corrected chi connectivity index (χ4v) is 6.25. The summed E-state index contributed by atoms with van der Waals surface area (Å²) in [6.07, 6.45) is 0. The van der Waals surface area contributed by atoms with Crippen LogP contribution in [0.2, 0.25) is 0 Å². The van der Waals surface area contributed by atoms with Crippen LogP contribution in [0.5, 0.6) is 0 Å². The van der Waals surface area contributed by atoms with E-state index in [-0.39, 0.29) is 5.91 Å². The highest BCUT2D eigenvalue weighted by molar-refractivity contribution is 6.35. The molecule has 0 fully saturated rings. The Kier molecular flexibility index (Phi) is 3.25. The van der Waals surface area contributed by atoms with Crippen LogP contribution in [0, 0.1) is 0 Å². The second kappa shape index (κ2) is 6.12. The Hall–Kier alpha value is -4.43. The lowest BCUT2D eigenvalue weighted by molar-refractivity contribution is 0.0999. The van der Waals surface area contributed by atoms with E-state index in [1.54, 1.807) is 4.90 Å². The predicted molar refractivity (Wildman–Crippen MR) is 143 cm³/mol. The van der Waals surface area contributed by atoms with Gasteiger partial charge in [0.2, 0.25) is 0 Å². The highest BCUT2D eigenvalue weighted by atomic mass is 16.2. The van der Waals surface area contributed by atoms with E-state index in [4.69, 9.17) is 0 Å². The summed E-state index contributed by atoms with van der Waals surface area (Å²) in [6.45, 7) is 0. The van der Waals surface area contributed by atoms with Gasteiger partial charge in [-0.2, -0.15) is 0 Å². The van der Waals surface area contributed by atoms with Gasteiger partial charge in [0.1, 0.15) is 0 Å². The highest BCUT2D eigenvalue weighted by Crippen LogP contribution is 2.46. The van der Waals surface area contributed by atoms with Gasteiger partial charge in [-0.3, -0.25) is 4.79 Å². The second-order valence-corrected chi connectivity index (χ2v) is 9.32. The largest absolute Gasteiger partial charge is 0.311 e. The average molecular weight is 434 g/mol. The number of anilines is 1. The van der Waals surface area contributed by atoms with Crippen molar-refractivity contribution in [3.05, 3.63) is 103 Å². The molecule has 2 nitrogen and oxygen atoms in total. The number of fused-ring (bicyclic) bond motifs is 2. The zero-order valence-electron chi connectivity index (χ0n) is 18.6. The van der Waals surface area contributed by atoms with Crippen molar-refractivity contribution in [3.8, 4) is 11.1 Å². The third-order valence-corrected chi connectivity index (χ3v) is 7.73. The van der Waals surface area contributed by atoms with E-state index in [0.29, 0.717) is 0 Å². The molecule has 0 saturated heterocycles. The van der Waals surface area contributed by atoms with Crippen molar-refractivity contribution in [2.45, 2.75) is 0 Å². The van der Waals surface area contributed by atoms with Gasteiger partial charge < -0.3 is 4.90 Å². The number of amides is 1. The molecule has 0 aliphatic carbocycles. The third kappa shape index (κ3) is 2.04. The first-order valence-corrected chi connectivity index (χ1v) is 11.6. The Balaban J connectivity index is 1.55. The molecule has 0 spiro atoms. The zero-order valence-corrected chi connectivity index (χ0v) is 18.6. The van der Waals surface area contributed by atoms with Gasteiger partial charge in [0, 0.05) is 18.0 Å². The van der Waals surface area contributed by atoms with Crippen molar-refractivity contribution in [1.29, 1.82) is 0 Å². The van der Waals surface area contributed by atoms with Crippen molar-refractivity contribution in [2.75, 3.05) is 11.9 Å². The lowest BCUT2D eigenvalue weighted by atomic mass is 9.86. The van der Waals surface area contributed by atoms with Crippen LogP contribution >= 0.6 is 0 Å². The quantitative estimate of drug-likeness (QED) is 0.189. The molecule has 0 aromatic heterocycles. The summed E-state index contributed by atoms with van der Waals surface area (Å²) in [7, 11) is 1.86. The molecule has 34 heavy (non-hydrogen) atoms. The number of nitrogens with zero attached hydrogens (tertiary/aromatic N) is 1. The van der Waals surface area contributed by atoms with Crippen LogP contribution in [0.15, 0.2) is 97.1 Å². The molecular formula is C32H19NO. The van der Waals surface area contributed by atoms with E-state index in [1.807, 2.05) is 19.2 Å². The molecule has 8 rings (SSSR count). The minimum Gasteiger partial charge on any atom is -0.311 e. The summed E-state index contributed by atoms with van der Waals surface area (Å²) in [5, 5.41) is 12.6. The van der Waals surface area contributed by atoms with Crippen LogP contribution in [-0.4, -0.2) is 13.0 Å². The Morgan fingerprint density at radius 1 is 0.471 bits per heavy atom. The summed E-state index contributed by atoms with van der Waals surface area (Å²) in [5.41, 5.74) is 4.16. The van der Waals surface area contributed by atoms with Crippen molar-refractivity contribution in [3.63, 3.8) is 0 Å².